The maximum atomic E-state index is 12.4. The Hall–Kier alpha value is -1.89. The van der Waals surface area contributed by atoms with E-state index in [0.717, 1.165) is 27.8 Å². The Morgan fingerprint density at radius 1 is 1.23 bits per heavy atom. The fourth-order valence-electron chi connectivity index (χ4n) is 2.58. The molecule has 1 aromatic heterocycles. The second kappa shape index (κ2) is 6.08. The van der Waals surface area contributed by atoms with Crippen LogP contribution < -0.4 is 5.32 Å². The molecule has 5 heteroatoms. The van der Waals surface area contributed by atoms with Crippen LogP contribution in [-0.4, -0.2) is 15.5 Å². The highest BCUT2D eigenvalue weighted by Gasteiger charge is 2.10. The van der Waals surface area contributed by atoms with Gasteiger partial charge in [0.25, 0.3) is 0 Å². The summed E-state index contributed by atoms with van der Waals surface area (Å²) in [5.74, 6) is -0.0458. The van der Waals surface area contributed by atoms with E-state index in [-0.39, 0.29) is 12.5 Å². The standard InChI is InChI=1S/C17H16IN3O/c1-11-7-13(18)8-12(2)17(11)20-16(22)9-21-10-19-14-5-3-4-6-15(14)21/h3-8,10H,9H2,1-2H3,(H,20,22). The van der Waals surface area contributed by atoms with Crippen molar-refractivity contribution in [2.75, 3.05) is 5.32 Å². The second-order valence-electron chi connectivity index (χ2n) is 5.32. The first-order valence-corrected chi connectivity index (χ1v) is 8.09. The molecule has 112 valence electrons. The van der Waals surface area contributed by atoms with Crippen LogP contribution in [0.25, 0.3) is 11.0 Å². The van der Waals surface area contributed by atoms with Crippen molar-refractivity contribution in [2.45, 2.75) is 20.4 Å². The van der Waals surface area contributed by atoms with E-state index >= 15 is 0 Å². The number of hydrogen-bond donors (Lipinski definition) is 1. The van der Waals surface area contributed by atoms with Gasteiger partial charge in [0, 0.05) is 9.26 Å². The zero-order valence-electron chi connectivity index (χ0n) is 12.4. The van der Waals surface area contributed by atoms with Gasteiger partial charge in [-0.15, -0.1) is 0 Å². The molecule has 0 aliphatic heterocycles. The highest BCUT2D eigenvalue weighted by Crippen LogP contribution is 2.23. The van der Waals surface area contributed by atoms with Crippen LogP contribution in [0.2, 0.25) is 0 Å². The summed E-state index contributed by atoms with van der Waals surface area (Å²) in [5.41, 5.74) is 4.92. The van der Waals surface area contributed by atoms with Gasteiger partial charge in [-0.2, -0.15) is 0 Å². The van der Waals surface area contributed by atoms with Gasteiger partial charge < -0.3 is 9.88 Å². The maximum absolute atomic E-state index is 12.4. The molecule has 2 aromatic carbocycles. The zero-order chi connectivity index (χ0) is 15.7. The quantitative estimate of drug-likeness (QED) is 0.672. The SMILES string of the molecule is Cc1cc(I)cc(C)c1NC(=O)Cn1cnc2ccccc21. The van der Waals surface area contributed by atoms with E-state index in [1.807, 2.05) is 42.7 Å². The predicted molar refractivity (Wildman–Crippen MR) is 97.0 cm³/mol. The van der Waals surface area contributed by atoms with Gasteiger partial charge in [0.2, 0.25) is 5.91 Å². The molecule has 0 saturated carbocycles. The number of hydrogen-bond acceptors (Lipinski definition) is 2. The van der Waals surface area contributed by atoms with Crippen molar-refractivity contribution >= 4 is 45.2 Å². The number of rotatable bonds is 3. The average molecular weight is 405 g/mol. The van der Waals surface area contributed by atoms with Crippen molar-refractivity contribution in [1.82, 2.24) is 9.55 Å². The molecule has 0 aliphatic rings. The van der Waals surface area contributed by atoms with Gasteiger partial charge in [0.05, 0.1) is 17.4 Å². The molecule has 1 N–H and O–H groups in total. The Kier molecular flexibility index (Phi) is 4.15. The Morgan fingerprint density at radius 3 is 2.64 bits per heavy atom. The number of para-hydroxylation sites is 2. The van der Waals surface area contributed by atoms with Gasteiger partial charge in [-0.1, -0.05) is 12.1 Å². The molecule has 0 spiro atoms. The Labute approximate surface area is 142 Å². The van der Waals surface area contributed by atoms with Crippen LogP contribution in [0.15, 0.2) is 42.7 Å². The molecule has 0 unspecified atom stereocenters. The molecule has 0 aliphatic carbocycles. The Morgan fingerprint density at radius 2 is 1.91 bits per heavy atom. The molecular formula is C17H16IN3O. The number of carbonyl (C=O) groups excluding carboxylic acids is 1. The third-order valence-corrected chi connectivity index (χ3v) is 4.23. The molecule has 3 aromatic rings. The van der Waals surface area contributed by atoms with E-state index in [0.29, 0.717) is 0 Å². The molecule has 0 radical (unpaired) electrons. The first kappa shape index (κ1) is 15.0. The summed E-state index contributed by atoms with van der Waals surface area (Å²) in [7, 11) is 0. The van der Waals surface area contributed by atoms with Crippen LogP contribution in [0.1, 0.15) is 11.1 Å². The molecule has 22 heavy (non-hydrogen) atoms. The van der Waals surface area contributed by atoms with Gasteiger partial charge in [-0.3, -0.25) is 4.79 Å². The normalized spacial score (nSPS) is 10.9. The molecule has 0 fully saturated rings. The second-order valence-corrected chi connectivity index (χ2v) is 6.57. The van der Waals surface area contributed by atoms with Crippen LogP contribution in [0, 0.1) is 17.4 Å². The summed E-state index contributed by atoms with van der Waals surface area (Å²) in [4.78, 5) is 16.7. The first-order chi connectivity index (χ1) is 10.5. The number of fused-ring (bicyclic) bond motifs is 1. The monoisotopic (exact) mass is 405 g/mol. The summed E-state index contributed by atoms with van der Waals surface area (Å²) in [5, 5.41) is 3.02. The van der Waals surface area contributed by atoms with E-state index in [4.69, 9.17) is 0 Å². The van der Waals surface area contributed by atoms with Crippen LogP contribution in [0.5, 0.6) is 0 Å². The summed E-state index contributed by atoms with van der Waals surface area (Å²) in [6, 6.07) is 11.9. The lowest BCUT2D eigenvalue weighted by Gasteiger charge is -2.13. The Bertz CT molecular complexity index is 831. The van der Waals surface area contributed by atoms with Crippen LogP contribution >= 0.6 is 22.6 Å². The highest BCUT2D eigenvalue weighted by atomic mass is 127. The van der Waals surface area contributed by atoms with Crippen molar-refractivity contribution in [2.24, 2.45) is 0 Å². The molecular weight excluding hydrogens is 389 g/mol. The van der Waals surface area contributed by atoms with Gasteiger partial charge in [0.15, 0.2) is 0 Å². The highest BCUT2D eigenvalue weighted by molar-refractivity contribution is 14.1. The minimum Gasteiger partial charge on any atom is -0.324 e. The molecule has 0 atom stereocenters. The Balaban J connectivity index is 1.81. The molecule has 1 heterocycles. The van der Waals surface area contributed by atoms with Crippen molar-refractivity contribution in [3.63, 3.8) is 0 Å². The molecule has 0 saturated heterocycles. The van der Waals surface area contributed by atoms with Crippen LogP contribution in [-0.2, 0) is 11.3 Å². The number of carbonyl (C=O) groups is 1. The van der Waals surface area contributed by atoms with Crippen molar-refractivity contribution in [3.8, 4) is 0 Å². The van der Waals surface area contributed by atoms with Crippen molar-refractivity contribution in [3.05, 3.63) is 57.4 Å². The van der Waals surface area contributed by atoms with Crippen LogP contribution in [0.3, 0.4) is 0 Å². The number of aromatic nitrogens is 2. The summed E-state index contributed by atoms with van der Waals surface area (Å²) >= 11 is 2.28. The molecule has 4 nitrogen and oxygen atoms in total. The zero-order valence-corrected chi connectivity index (χ0v) is 14.6. The van der Waals surface area contributed by atoms with E-state index in [9.17, 15) is 4.79 Å². The average Bonchev–Trinajstić information content (AvgIpc) is 2.86. The van der Waals surface area contributed by atoms with Crippen molar-refractivity contribution in [1.29, 1.82) is 0 Å². The number of amides is 1. The number of nitrogens with one attached hydrogen (secondary N) is 1. The minimum absolute atomic E-state index is 0.0458. The third kappa shape index (κ3) is 2.99. The molecule has 1 amide bonds. The lowest BCUT2D eigenvalue weighted by atomic mass is 10.1. The van der Waals surface area contributed by atoms with Gasteiger partial charge >= 0.3 is 0 Å². The number of anilines is 1. The van der Waals surface area contributed by atoms with Crippen LogP contribution in [0.4, 0.5) is 5.69 Å². The topological polar surface area (TPSA) is 46.9 Å². The number of imidazole rings is 1. The largest absolute Gasteiger partial charge is 0.324 e. The molecule has 0 bridgehead atoms. The number of nitrogens with zero attached hydrogens (tertiary/aromatic N) is 2. The smallest absolute Gasteiger partial charge is 0.244 e. The fourth-order valence-corrected chi connectivity index (χ4v) is 3.51. The fraction of sp³-hybridized carbons (Fsp3) is 0.176. The predicted octanol–water partition coefficient (Wildman–Crippen LogP) is 3.90. The first-order valence-electron chi connectivity index (χ1n) is 7.01. The van der Waals surface area contributed by atoms with Gasteiger partial charge in [-0.25, -0.2) is 4.98 Å². The third-order valence-electron chi connectivity index (χ3n) is 3.60. The summed E-state index contributed by atoms with van der Waals surface area (Å²) in [6.07, 6.45) is 1.71. The number of benzene rings is 2. The van der Waals surface area contributed by atoms with Gasteiger partial charge in [0.1, 0.15) is 6.54 Å². The number of aryl methyl sites for hydroxylation is 2. The lowest BCUT2D eigenvalue weighted by molar-refractivity contribution is -0.116. The van der Waals surface area contributed by atoms with E-state index in [1.54, 1.807) is 6.33 Å². The maximum Gasteiger partial charge on any atom is 0.244 e. The molecule has 3 rings (SSSR count). The summed E-state index contributed by atoms with van der Waals surface area (Å²) in [6.45, 7) is 4.28. The van der Waals surface area contributed by atoms with Gasteiger partial charge in [-0.05, 0) is 71.8 Å². The number of halogens is 1. The van der Waals surface area contributed by atoms with E-state index in [1.165, 1.54) is 3.57 Å². The lowest BCUT2D eigenvalue weighted by Crippen LogP contribution is -2.19. The van der Waals surface area contributed by atoms with E-state index < -0.39 is 0 Å². The van der Waals surface area contributed by atoms with Crippen molar-refractivity contribution < 1.29 is 4.79 Å². The van der Waals surface area contributed by atoms with E-state index in [2.05, 4.69) is 45.0 Å². The minimum atomic E-state index is -0.0458. The summed E-state index contributed by atoms with van der Waals surface area (Å²) < 4.78 is 3.04.